The molecule has 5 nitrogen and oxygen atoms in total. The van der Waals surface area contributed by atoms with Gasteiger partial charge in [0.1, 0.15) is 0 Å². The normalized spacial score (nSPS) is 10.6. The molecule has 0 unspecified atom stereocenters. The Hall–Kier alpha value is -3.16. The summed E-state index contributed by atoms with van der Waals surface area (Å²) in [5.74, 6) is -3.78. The maximum atomic E-state index is 13.7. The number of hydrogen-bond acceptors (Lipinski definition) is 5. The fraction of sp³-hybridized carbons (Fsp3) is 0.118. The van der Waals surface area contributed by atoms with Crippen molar-refractivity contribution in [2.24, 2.45) is 0 Å². The smallest absolute Gasteiger partial charge is 0.244 e. The Morgan fingerprint density at radius 1 is 0.960 bits per heavy atom. The van der Waals surface area contributed by atoms with Crippen molar-refractivity contribution in [1.82, 2.24) is 15.2 Å². The number of benzene rings is 2. The molecule has 128 valence electrons. The lowest BCUT2D eigenvalue weighted by molar-refractivity contribution is 0.449. The van der Waals surface area contributed by atoms with Crippen LogP contribution < -0.4 is 10.6 Å². The van der Waals surface area contributed by atoms with Gasteiger partial charge in [-0.15, -0.1) is 5.10 Å². The summed E-state index contributed by atoms with van der Waals surface area (Å²) >= 11 is 0. The van der Waals surface area contributed by atoms with Crippen LogP contribution in [0.4, 0.5) is 30.6 Å². The standard InChI is InChI=1S/C17H14F3N5/c1-10-2-4-11(5-3-10)8-21-17-24-14(9-22-25-17)23-13-7-6-12(18)15(19)16(13)20/h2-7,9H,8H2,1H3,(H2,21,23,24,25). The van der Waals surface area contributed by atoms with Gasteiger partial charge in [0.05, 0.1) is 11.9 Å². The summed E-state index contributed by atoms with van der Waals surface area (Å²) in [6.07, 6.45) is 1.25. The molecular weight excluding hydrogens is 331 g/mol. The third kappa shape index (κ3) is 4.03. The van der Waals surface area contributed by atoms with Crippen LogP contribution in [0.2, 0.25) is 0 Å². The molecule has 0 saturated carbocycles. The number of aromatic nitrogens is 3. The van der Waals surface area contributed by atoms with Gasteiger partial charge in [0, 0.05) is 6.54 Å². The van der Waals surface area contributed by atoms with Gasteiger partial charge in [-0.2, -0.15) is 10.1 Å². The highest BCUT2D eigenvalue weighted by atomic mass is 19.2. The van der Waals surface area contributed by atoms with E-state index in [1.54, 1.807) is 0 Å². The zero-order valence-electron chi connectivity index (χ0n) is 13.2. The van der Waals surface area contributed by atoms with Crippen molar-refractivity contribution >= 4 is 17.5 Å². The number of rotatable bonds is 5. The average molecular weight is 345 g/mol. The maximum absolute atomic E-state index is 13.7. The lowest BCUT2D eigenvalue weighted by Crippen LogP contribution is -2.07. The highest BCUT2D eigenvalue weighted by Gasteiger charge is 2.14. The quantitative estimate of drug-likeness (QED) is 0.686. The third-order valence-corrected chi connectivity index (χ3v) is 3.43. The molecular formula is C17H14F3N5. The second-order valence-electron chi connectivity index (χ2n) is 5.35. The minimum absolute atomic E-state index is 0.145. The van der Waals surface area contributed by atoms with Crippen molar-refractivity contribution < 1.29 is 13.2 Å². The molecule has 0 bridgehead atoms. The Kier molecular flexibility index (Phi) is 4.78. The maximum Gasteiger partial charge on any atom is 0.244 e. The Balaban J connectivity index is 1.71. The van der Waals surface area contributed by atoms with Gasteiger partial charge in [-0.05, 0) is 24.6 Å². The minimum Gasteiger partial charge on any atom is -0.349 e. The van der Waals surface area contributed by atoms with Gasteiger partial charge in [-0.1, -0.05) is 29.8 Å². The zero-order chi connectivity index (χ0) is 17.8. The Morgan fingerprint density at radius 2 is 1.72 bits per heavy atom. The molecule has 2 N–H and O–H groups in total. The molecule has 1 heterocycles. The largest absolute Gasteiger partial charge is 0.349 e. The van der Waals surface area contributed by atoms with E-state index in [4.69, 9.17) is 0 Å². The summed E-state index contributed by atoms with van der Waals surface area (Å²) in [6, 6.07) is 9.81. The van der Waals surface area contributed by atoms with Crippen LogP contribution in [-0.2, 0) is 6.54 Å². The predicted octanol–water partition coefficient (Wildman–Crippen LogP) is 3.95. The van der Waals surface area contributed by atoms with E-state index in [1.807, 2.05) is 31.2 Å². The summed E-state index contributed by atoms with van der Waals surface area (Å²) < 4.78 is 39.9. The van der Waals surface area contributed by atoms with E-state index in [0.29, 0.717) is 6.54 Å². The minimum atomic E-state index is -1.55. The fourth-order valence-electron chi connectivity index (χ4n) is 2.09. The number of halogens is 3. The molecule has 0 aliphatic heterocycles. The van der Waals surface area contributed by atoms with Gasteiger partial charge >= 0.3 is 0 Å². The van der Waals surface area contributed by atoms with Crippen molar-refractivity contribution in [3.8, 4) is 0 Å². The highest BCUT2D eigenvalue weighted by molar-refractivity contribution is 5.57. The topological polar surface area (TPSA) is 62.7 Å². The molecule has 0 radical (unpaired) electrons. The van der Waals surface area contributed by atoms with Gasteiger partial charge in [-0.25, -0.2) is 13.2 Å². The van der Waals surface area contributed by atoms with Crippen molar-refractivity contribution in [2.45, 2.75) is 13.5 Å². The second kappa shape index (κ2) is 7.16. The first-order valence-electron chi connectivity index (χ1n) is 7.42. The zero-order valence-corrected chi connectivity index (χ0v) is 13.2. The van der Waals surface area contributed by atoms with Gasteiger partial charge in [-0.3, -0.25) is 0 Å². The van der Waals surface area contributed by atoms with Crippen molar-refractivity contribution in [3.63, 3.8) is 0 Å². The van der Waals surface area contributed by atoms with Crippen molar-refractivity contribution in [3.05, 3.63) is 71.2 Å². The first-order chi connectivity index (χ1) is 12.0. The number of hydrogen-bond donors (Lipinski definition) is 2. The molecule has 25 heavy (non-hydrogen) atoms. The molecule has 1 aromatic heterocycles. The van der Waals surface area contributed by atoms with Crippen LogP contribution in [0.1, 0.15) is 11.1 Å². The highest BCUT2D eigenvalue weighted by Crippen LogP contribution is 2.22. The van der Waals surface area contributed by atoms with Crippen LogP contribution >= 0.6 is 0 Å². The summed E-state index contributed by atoms with van der Waals surface area (Å²) in [4.78, 5) is 4.12. The van der Waals surface area contributed by atoms with Crippen LogP contribution in [0.5, 0.6) is 0 Å². The van der Waals surface area contributed by atoms with E-state index in [-0.39, 0.29) is 17.5 Å². The van der Waals surface area contributed by atoms with Gasteiger partial charge < -0.3 is 10.6 Å². The molecule has 0 aliphatic carbocycles. The van der Waals surface area contributed by atoms with Crippen LogP contribution in [0.15, 0.2) is 42.6 Å². The van der Waals surface area contributed by atoms with Crippen molar-refractivity contribution in [1.29, 1.82) is 0 Å². The molecule has 0 saturated heterocycles. The summed E-state index contributed by atoms with van der Waals surface area (Å²) in [7, 11) is 0. The first-order valence-corrected chi connectivity index (χ1v) is 7.42. The summed E-state index contributed by atoms with van der Waals surface area (Å²) in [5.41, 5.74) is 1.93. The Bertz CT molecular complexity index is 884. The van der Waals surface area contributed by atoms with Crippen LogP contribution in [0.3, 0.4) is 0 Å². The molecule has 0 spiro atoms. The van der Waals surface area contributed by atoms with Gasteiger partial charge in [0.2, 0.25) is 5.95 Å². The average Bonchev–Trinajstić information content (AvgIpc) is 2.62. The molecule has 0 fully saturated rings. The SMILES string of the molecule is Cc1ccc(CNc2nncc(Nc3ccc(F)c(F)c3F)n2)cc1. The molecule has 3 aromatic rings. The lowest BCUT2D eigenvalue weighted by atomic mass is 10.1. The number of nitrogens with zero attached hydrogens (tertiary/aromatic N) is 3. The summed E-state index contributed by atoms with van der Waals surface area (Å²) in [5, 5.41) is 13.1. The van der Waals surface area contributed by atoms with Crippen molar-refractivity contribution in [2.75, 3.05) is 10.6 Å². The fourth-order valence-corrected chi connectivity index (χ4v) is 2.09. The van der Waals surface area contributed by atoms with E-state index >= 15 is 0 Å². The first kappa shape index (κ1) is 16.7. The molecule has 3 rings (SSSR count). The lowest BCUT2D eigenvalue weighted by Gasteiger charge is -2.09. The number of anilines is 3. The number of nitrogens with one attached hydrogen (secondary N) is 2. The molecule has 0 amide bonds. The Labute approximate surface area is 141 Å². The van der Waals surface area contributed by atoms with E-state index < -0.39 is 17.5 Å². The predicted molar refractivity (Wildman–Crippen MR) is 87.9 cm³/mol. The van der Waals surface area contributed by atoms with Gasteiger partial charge in [0.25, 0.3) is 0 Å². The monoisotopic (exact) mass is 345 g/mol. The number of aryl methyl sites for hydroxylation is 1. The third-order valence-electron chi connectivity index (χ3n) is 3.43. The Morgan fingerprint density at radius 3 is 2.48 bits per heavy atom. The summed E-state index contributed by atoms with van der Waals surface area (Å²) in [6.45, 7) is 2.47. The molecule has 0 atom stereocenters. The van der Waals surface area contributed by atoms with E-state index in [0.717, 1.165) is 23.3 Å². The van der Waals surface area contributed by atoms with E-state index in [9.17, 15) is 13.2 Å². The van der Waals surface area contributed by atoms with E-state index in [1.165, 1.54) is 6.20 Å². The second-order valence-corrected chi connectivity index (χ2v) is 5.35. The van der Waals surface area contributed by atoms with Gasteiger partial charge in [0.15, 0.2) is 23.3 Å². The van der Waals surface area contributed by atoms with Crippen LogP contribution in [0.25, 0.3) is 0 Å². The van der Waals surface area contributed by atoms with Crippen LogP contribution in [-0.4, -0.2) is 15.2 Å². The molecule has 2 aromatic carbocycles. The van der Waals surface area contributed by atoms with E-state index in [2.05, 4.69) is 25.8 Å². The van der Waals surface area contributed by atoms with Crippen LogP contribution in [0, 0.1) is 24.4 Å². The molecule has 0 aliphatic rings. The molecule has 8 heteroatoms.